The monoisotopic (exact) mass is 524 g/mol. The van der Waals surface area contributed by atoms with E-state index in [1.807, 2.05) is 36.5 Å². The van der Waals surface area contributed by atoms with Gasteiger partial charge in [0.1, 0.15) is 5.75 Å². The molecule has 1 amide bonds. The summed E-state index contributed by atoms with van der Waals surface area (Å²) in [5.74, 6) is -0.505. The van der Waals surface area contributed by atoms with Crippen LogP contribution in [0.3, 0.4) is 0 Å². The fourth-order valence-corrected chi connectivity index (χ4v) is 5.05. The molecular formula is C28H26Cl2N2O4. The number of ether oxygens (including phenoxy) is 1. The van der Waals surface area contributed by atoms with E-state index in [0.717, 1.165) is 33.3 Å². The Balaban J connectivity index is 1.70. The Labute approximate surface area is 219 Å². The molecule has 2 unspecified atom stereocenters. The molecule has 4 rings (SSSR count). The van der Waals surface area contributed by atoms with Gasteiger partial charge >= 0.3 is 5.97 Å². The number of nitrogens with one attached hydrogen (secondary N) is 2. The highest BCUT2D eigenvalue weighted by molar-refractivity contribution is 6.38. The molecule has 0 radical (unpaired) electrons. The molecule has 3 aromatic carbocycles. The molecule has 1 heterocycles. The summed E-state index contributed by atoms with van der Waals surface area (Å²) in [6.45, 7) is 2.22. The molecule has 8 heteroatoms. The van der Waals surface area contributed by atoms with Crippen molar-refractivity contribution in [2.75, 3.05) is 13.7 Å². The van der Waals surface area contributed by atoms with Crippen LogP contribution < -0.4 is 10.1 Å². The minimum Gasteiger partial charge on any atom is -0.497 e. The van der Waals surface area contributed by atoms with E-state index in [-0.39, 0.29) is 30.7 Å². The van der Waals surface area contributed by atoms with Gasteiger partial charge in [-0.1, -0.05) is 54.4 Å². The van der Waals surface area contributed by atoms with E-state index in [0.29, 0.717) is 15.6 Å². The number of aromatic amines is 1. The van der Waals surface area contributed by atoms with Crippen molar-refractivity contribution in [3.05, 3.63) is 99.2 Å². The largest absolute Gasteiger partial charge is 0.497 e. The number of carbonyl (C=O) groups is 2. The van der Waals surface area contributed by atoms with E-state index in [1.165, 1.54) is 0 Å². The Hall–Kier alpha value is -3.48. The molecule has 0 saturated heterocycles. The van der Waals surface area contributed by atoms with E-state index in [1.54, 1.807) is 25.3 Å². The average molecular weight is 525 g/mol. The molecule has 0 saturated carbocycles. The fourth-order valence-electron chi connectivity index (χ4n) is 4.50. The predicted molar refractivity (Wildman–Crippen MR) is 143 cm³/mol. The number of hydrogen-bond donors (Lipinski definition) is 3. The lowest BCUT2D eigenvalue weighted by atomic mass is 9.78. The summed E-state index contributed by atoms with van der Waals surface area (Å²) in [4.78, 5) is 26.4. The van der Waals surface area contributed by atoms with Crippen LogP contribution in [-0.2, 0) is 4.79 Å². The van der Waals surface area contributed by atoms with Crippen molar-refractivity contribution in [3.8, 4) is 5.75 Å². The van der Waals surface area contributed by atoms with Crippen LogP contribution in [0, 0.1) is 0 Å². The Morgan fingerprint density at radius 1 is 1.03 bits per heavy atom. The van der Waals surface area contributed by atoms with Gasteiger partial charge in [0.25, 0.3) is 5.91 Å². The van der Waals surface area contributed by atoms with Crippen molar-refractivity contribution in [2.24, 2.45) is 0 Å². The molecule has 3 N–H and O–H groups in total. The van der Waals surface area contributed by atoms with Gasteiger partial charge in [-0.2, -0.15) is 0 Å². The van der Waals surface area contributed by atoms with Gasteiger partial charge in [-0.15, -0.1) is 0 Å². The molecule has 0 aliphatic heterocycles. The van der Waals surface area contributed by atoms with Crippen LogP contribution in [0.4, 0.5) is 0 Å². The van der Waals surface area contributed by atoms with Gasteiger partial charge in [0.2, 0.25) is 0 Å². The fraction of sp³-hybridized carbons (Fsp3) is 0.214. The lowest BCUT2D eigenvalue weighted by molar-refractivity contribution is -0.136. The number of carboxylic acids is 1. The molecule has 0 spiro atoms. The first-order chi connectivity index (χ1) is 17.3. The minimum atomic E-state index is -0.955. The normalized spacial score (nSPS) is 12.8. The van der Waals surface area contributed by atoms with E-state index in [2.05, 4.69) is 29.4 Å². The second-order valence-electron chi connectivity index (χ2n) is 8.62. The van der Waals surface area contributed by atoms with Gasteiger partial charge in [0.05, 0.1) is 24.1 Å². The Kier molecular flexibility index (Phi) is 7.87. The topological polar surface area (TPSA) is 91.4 Å². The standard InChI is InChI=1S/C28H26Cl2N2O4/c1-16(17-3-5-19(6-4-17)28(35)31-12-11-25(33)34)26(18-7-9-21(36-2)10-8-18)23-15-32-27-22(23)13-20(29)14-24(27)30/h3-10,13-16,26,32H,11-12H2,1-2H3,(H,31,35)(H,33,34). The van der Waals surface area contributed by atoms with Gasteiger partial charge in [-0.25, -0.2) is 0 Å². The molecule has 0 aliphatic rings. The van der Waals surface area contributed by atoms with Crippen molar-refractivity contribution in [2.45, 2.75) is 25.2 Å². The maximum Gasteiger partial charge on any atom is 0.305 e. The first kappa shape index (κ1) is 25.6. The number of benzene rings is 3. The number of aliphatic carboxylic acids is 1. The van der Waals surface area contributed by atoms with Crippen molar-refractivity contribution >= 4 is 46.0 Å². The van der Waals surface area contributed by atoms with Crippen LogP contribution in [0.25, 0.3) is 10.9 Å². The second-order valence-corrected chi connectivity index (χ2v) is 9.46. The highest BCUT2D eigenvalue weighted by Gasteiger charge is 2.26. The third-order valence-electron chi connectivity index (χ3n) is 6.37. The zero-order chi connectivity index (χ0) is 25.8. The maximum absolute atomic E-state index is 12.4. The maximum atomic E-state index is 12.4. The summed E-state index contributed by atoms with van der Waals surface area (Å²) in [7, 11) is 1.64. The van der Waals surface area contributed by atoms with Gasteiger partial charge in [0, 0.05) is 34.6 Å². The highest BCUT2D eigenvalue weighted by atomic mass is 35.5. The lowest BCUT2D eigenvalue weighted by Crippen LogP contribution is -2.26. The van der Waals surface area contributed by atoms with Crippen LogP contribution in [0.2, 0.25) is 10.0 Å². The van der Waals surface area contributed by atoms with Crippen LogP contribution in [-0.4, -0.2) is 35.6 Å². The number of carbonyl (C=O) groups excluding carboxylic acids is 1. The molecule has 6 nitrogen and oxygen atoms in total. The first-order valence-corrected chi connectivity index (χ1v) is 12.2. The smallest absolute Gasteiger partial charge is 0.305 e. The summed E-state index contributed by atoms with van der Waals surface area (Å²) in [5.41, 5.74) is 4.50. The summed E-state index contributed by atoms with van der Waals surface area (Å²) >= 11 is 12.8. The lowest BCUT2D eigenvalue weighted by Gasteiger charge is -2.25. The number of hydrogen-bond acceptors (Lipinski definition) is 3. The van der Waals surface area contributed by atoms with Gasteiger partial charge in [-0.3, -0.25) is 9.59 Å². The van der Waals surface area contributed by atoms with Crippen LogP contribution in [0.15, 0.2) is 66.9 Å². The third kappa shape index (κ3) is 5.50. The molecule has 0 aliphatic carbocycles. The Bertz CT molecular complexity index is 1380. The first-order valence-electron chi connectivity index (χ1n) is 11.5. The zero-order valence-electron chi connectivity index (χ0n) is 19.8. The number of halogens is 2. The average Bonchev–Trinajstić information content (AvgIpc) is 3.28. The molecular weight excluding hydrogens is 499 g/mol. The number of methoxy groups -OCH3 is 1. The number of aromatic nitrogens is 1. The van der Waals surface area contributed by atoms with Crippen molar-refractivity contribution in [1.29, 1.82) is 0 Å². The quantitative estimate of drug-likeness (QED) is 0.229. The number of fused-ring (bicyclic) bond motifs is 1. The van der Waals surface area contributed by atoms with E-state index in [4.69, 9.17) is 33.0 Å². The summed E-state index contributed by atoms with van der Waals surface area (Å²) < 4.78 is 5.35. The van der Waals surface area contributed by atoms with Crippen molar-refractivity contribution in [3.63, 3.8) is 0 Å². The summed E-state index contributed by atoms with van der Waals surface area (Å²) in [6.07, 6.45) is 1.85. The predicted octanol–water partition coefficient (Wildman–Crippen LogP) is 6.62. The summed E-state index contributed by atoms with van der Waals surface area (Å²) in [5, 5.41) is 13.5. The molecule has 4 aromatic rings. The third-order valence-corrected chi connectivity index (χ3v) is 6.89. The molecule has 0 fully saturated rings. The Morgan fingerprint density at radius 2 is 1.69 bits per heavy atom. The van der Waals surface area contributed by atoms with Crippen LogP contribution >= 0.6 is 23.2 Å². The molecule has 1 aromatic heterocycles. The number of rotatable bonds is 9. The molecule has 2 atom stereocenters. The highest BCUT2D eigenvalue weighted by Crippen LogP contribution is 2.43. The summed E-state index contributed by atoms with van der Waals surface area (Å²) in [6, 6.07) is 19.0. The van der Waals surface area contributed by atoms with E-state index < -0.39 is 5.97 Å². The molecule has 36 heavy (non-hydrogen) atoms. The van der Waals surface area contributed by atoms with Crippen molar-refractivity contribution in [1.82, 2.24) is 10.3 Å². The number of amides is 1. The van der Waals surface area contributed by atoms with Crippen molar-refractivity contribution < 1.29 is 19.4 Å². The van der Waals surface area contributed by atoms with Crippen LogP contribution in [0.1, 0.15) is 52.2 Å². The minimum absolute atomic E-state index is 0.0271. The van der Waals surface area contributed by atoms with E-state index >= 15 is 0 Å². The van der Waals surface area contributed by atoms with Crippen LogP contribution in [0.5, 0.6) is 5.75 Å². The Morgan fingerprint density at radius 3 is 2.33 bits per heavy atom. The van der Waals surface area contributed by atoms with Gasteiger partial charge in [-0.05, 0) is 59.0 Å². The van der Waals surface area contributed by atoms with E-state index in [9.17, 15) is 9.59 Å². The molecule has 186 valence electrons. The van der Waals surface area contributed by atoms with Gasteiger partial charge in [0.15, 0.2) is 0 Å². The zero-order valence-corrected chi connectivity index (χ0v) is 21.4. The number of carboxylic acid groups (broad SMARTS) is 1. The second kappa shape index (κ2) is 11.1. The SMILES string of the molecule is COc1ccc(C(c2c[nH]c3c(Cl)cc(Cl)cc23)C(C)c2ccc(C(=O)NCCC(=O)O)cc2)cc1. The molecule has 0 bridgehead atoms. The van der Waals surface area contributed by atoms with Gasteiger partial charge < -0.3 is 20.1 Å². The number of H-pyrrole nitrogens is 1.